The summed E-state index contributed by atoms with van der Waals surface area (Å²) in [5.74, 6) is 0.130. The average Bonchev–Trinajstić information content (AvgIpc) is 2.79. The maximum absolute atomic E-state index is 12.9. The summed E-state index contributed by atoms with van der Waals surface area (Å²) >= 11 is 0. The maximum atomic E-state index is 12.9. The molecule has 0 saturated carbocycles. The number of nitrogens with one attached hydrogen (secondary N) is 1. The van der Waals surface area contributed by atoms with Crippen LogP contribution in [0.25, 0.3) is 0 Å². The van der Waals surface area contributed by atoms with E-state index in [-0.39, 0.29) is 22.9 Å². The number of ether oxygens (including phenoxy) is 2. The van der Waals surface area contributed by atoms with Crippen molar-refractivity contribution in [3.63, 3.8) is 0 Å². The van der Waals surface area contributed by atoms with Crippen LogP contribution in [0.2, 0.25) is 0 Å². The first-order chi connectivity index (χ1) is 16.0. The van der Waals surface area contributed by atoms with E-state index in [2.05, 4.69) is 5.32 Å². The van der Waals surface area contributed by atoms with Crippen molar-refractivity contribution in [1.29, 1.82) is 0 Å². The highest BCUT2D eigenvalue weighted by molar-refractivity contribution is 7.89. The lowest BCUT2D eigenvalue weighted by atomic mass is 9.98. The van der Waals surface area contributed by atoms with E-state index in [1.54, 1.807) is 29.0 Å². The molecule has 11 heteroatoms. The van der Waals surface area contributed by atoms with E-state index in [0.717, 1.165) is 12.8 Å². The monoisotopic (exact) mass is 496 g/mol. The van der Waals surface area contributed by atoms with Crippen molar-refractivity contribution in [3.8, 4) is 0 Å². The summed E-state index contributed by atoms with van der Waals surface area (Å²) in [5.41, 5.74) is -0.138. The lowest BCUT2D eigenvalue weighted by molar-refractivity contribution is 0.0253. The Balaban J connectivity index is 1.59. The maximum Gasteiger partial charge on any atom is 0.410 e. The molecule has 2 aliphatic heterocycles. The normalized spacial score (nSPS) is 20.0. The third-order valence-corrected chi connectivity index (χ3v) is 7.63. The zero-order valence-corrected chi connectivity index (χ0v) is 21.3. The van der Waals surface area contributed by atoms with E-state index in [0.29, 0.717) is 51.6 Å². The molecule has 2 saturated heterocycles. The molecule has 0 spiro atoms. The fraction of sp³-hybridized carbons (Fsp3) is 0.652. The SMILES string of the molecule is CN(CC1CCCN(C(=O)Nc2cccc(S(=O)(=O)N3CCOCC3)c2)C1)C(=O)OC(C)(C)C. The van der Waals surface area contributed by atoms with Crippen LogP contribution < -0.4 is 5.32 Å². The molecule has 3 rings (SSSR count). The Morgan fingerprint density at radius 1 is 1.21 bits per heavy atom. The van der Waals surface area contributed by atoms with Crippen LogP contribution in [-0.4, -0.2) is 93.2 Å². The number of benzene rings is 1. The number of likely N-dealkylation sites (tertiary alicyclic amines) is 1. The number of hydrogen-bond donors (Lipinski definition) is 1. The number of amides is 3. The van der Waals surface area contributed by atoms with Gasteiger partial charge in [0.05, 0.1) is 18.1 Å². The van der Waals surface area contributed by atoms with Crippen molar-refractivity contribution < 1.29 is 27.5 Å². The van der Waals surface area contributed by atoms with Gasteiger partial charge in [0.1, 0.15) is 5.60 Å². The Morgan fingerprint density at radius 2 is 1.91 bits per heavy atom. The van der Waals surface area contributed by atoms with E-state index < -0.39 is 15.6 Å². The third kappa shape index (κ3) is 7.07. The predicted molar refractivity (Wildman–Crippen MR) is 128 cm³/mol. The molecule has 34 heavy (non-hydrogen) atoms. The average molecular weight is 497 g/mol. The van der Waals surface area contributed by atoms with Gasteiger partial charge in [0, 0.05) is 45.5 Å². The molecule has 0 aromatic heterocycles. The van der Waals surface area contributed by atoms with Gasteiger partial charge in [-0.1, -0.05) is 6.07 Å². The van der Waals surface area contributed by atoms with Crippen molar-refractivity contribution in [2.75, 3.05) is 58.3 Å². The Labute approximate surface area is 202 Å². The number of piperidine rings is 1. The van der Waals surface area contributed by atoms with Crippen molar-refractivity contribution in [2.24, 2.45) is 5.92 Å². The second kappa shape index (κ2) is 10.9. The largest absolute Gasteiger partial charge is 0.444 e. The second-order valence-electron chi connectivity index (χ2n) is 9.79. The number of urea groups is 1. The van der Waals surface area contributed by atoms with Crippen molar-refractivity contribution in [3.05, 3.63) is 24.3 Å². The number of hydrogen-bond acceptors (Lipinski definition) is 6. The summed E-state index contributed by atoms with van der Waals surface area (Å²) in [4.78, 5) is 28.6. The van der Waals surface area contributed by atoms with Gasteiger partial charge >= 0.3 is 12.1 Å². The van der Waals surface area contributed by atoms with Gasteiger partial charge in [-0.25, -0.2) is 18.0 Å². The van der Waals surface area contributed by atoms with E-state index >= 15 is 0 Å². The van der Waals surface area contributed by atoms with Crippen molar-refractivity contribution in [2.45, 2.75) is 44.1 Å². The van der Waals surface area contributed by atoms with Crippen molar-refractivity contribution >= 4 is 27.8 Å². The van der Waals surface area contributed by atoms with Crippen LogP contribution in [0, 0.1) is 5.92 Å². The standard InChI is InChI=1S/C23H36N4O6S/c1-23(2,3)33-22(29)25(4)16-18-7-6-10-26(17-18)21(28)24-19-8-5-9-20(15-19)34(30,31)27-11-13-32-14-12-27/h5,8-9,15,18H,6-7,10-14,16-17H2,1-4H3,(H,24,28). The van der Waals surface area contributed by atoms with Crippen LogP contribution in [-0.2, 0) is 19.5 Å². The summed E-state index contributed by atoms with van der Waals surface area (Å²) in [6, 6.07) is 6.03. The molecule has 0 aliphatic carbocycles. The minimum Gasteiger partial charge on any atom is -0.444 e. The molecule has 0 radical (unpaired) electrons. The third-order valence-electron chi connectivity index (χ3n) is 5.74. The lowest BCUT2D eigenvalue weighted by Gasteiger charge is -2.35. The quantitative estimate of drug-likeness (QED) is 0.672. The zero-order chi connectivity index (χ0) is 24.9. The molecule has 2 aliphatic rings. The van der Waals surface area contributed by atoms with E-state index in [9.17, 15) is 18.0 Å². The topological polar surface area (TPSA) is 108 Å². The first-order valence-corrected chi connectivity index (χ1v) is 13.1. The van der Waals surface area contributed by atoms with Crippen LogP contribution in [0.3, 0.4) is 0 Å². The highest BCUT2D eigenvalue weighted by atomic mass is 32.2. The number of sulfonamides is 1. The van der Waals surface area contributed by atoms with E-state index in [4.69, 9.17) is 9.47 Å². The first kappa shape index (κ1) is 26.2. The van der Waals surface area contributed by atoms with Gasteiger partial charge in [0.2, 0.25) is 10.0 Å². The first-order valence-electron chi connectivity index (χ1n) is 11.6. The highest BCUT2D eigenvalue weighted by Gasteiger charge is 2.29. The number of carbonyl (C=O) groups excluding carboxylic acids is 2. The Morgan fingerprint density at radius 3 is 2.59 bits per heavy atom. The number of nitrogens with zero attached hydrogens (tertiary/aromatic N) is 3. The lowest BCUT2D eigenvalue weighted by Crippen LogP contribution is -2.46. The van der Waals surface area contributed by atoms with Gasteiger partial charge in [-0.2, -0.15) is 4.31 Å². The molecule has 1 unspecified atom stereocenters. The van der Waals surface area contributed by atoms with Gasteiger partial charge in [-0.05, 0) is 57.7 Å². The van der Waals surface area contributed by atoms with Gasteiger partial charge < -0.3 is 24.6 Å². The molecular formula is C23H36N4O6S. The van der Waals surface area contributed by atoms with Crippen LogP contribution >= 0.6 is 0 Å². The van der Waals surface area contributed by atoms with Gasteiger partial charge in [-0.3, -0.25) is 0 Å². The number of carbonyl (C=O) groups is 2. The summed E-state index contributed by atoms with van der Waals surface area (Å²) in [5, 5.41) is 2.83. The van der Waals surface area contributed by atoms with Crippen LogP contribution in [0.15, 0.2) is 29.2 Å². The highest BCUT2D eigenvalue weighted by Crippen LogP contribution is 2.23. The summed E-state index contributed by atoms with van der Waals surface area (Å²) in [6.07, 6.45) is 1.35. The van der Waals surface area contributed by atoms with Gasteiger partial charge in [0.15, 0.2) is 0 Å². The number of rotatable bonds is 5. The molecule has 1 aromatic carbocycles. The molecule has 190 valence electrons. The van der Waals surface area contributed by atoms with Crippen LogP contribution in [0.4, 0.5) is 15.3 Å². The molecule has 2 heterocycles. The predicted octanol–water partition coefficient (Wildman–Crippen LogP) is 2.82. The molecule has 1 aromatic rings. The smallest absolute Gasteiger partial charge is 0.410 e. The van der Waals surface area contributed by atoms with Crippen molar-refractivity contribution in [1.82, 2.24) is 14.1 Å². The molecule has 10 nitrogen and oxygen atoms in total. The minimum atomic E-state index is -3.65. The molecule has 3 amide bonds. The van der Waals surface area contributed by atoms with E-state index in [1.165, 1.54) is 16.4 Å². The fourth-order valence-electron chi connectivity index (χ4n) is 4.07. The fourth-order valence-corrected chi connectivity index (χ4v) is 5.53. The van der Waals surface area contributed by atoms with Crippen LogP contribution in [0.5, 0.6) is 0 Å². The van der Waals surface area contributed by atoms with Crippen LogP contribution in [0.1, 0.15) is 33.6 Å². The Bertz CT molecular complexity index is 972. The Hall–Kier alpha value is -2.37. The van der Waals surface area contributed by atoms with E-state index in [1.807, 2.05) is 20.8 Å². The molecule has 1 N–H and O–H groups in total. The molecular weight excluding hydrogens is 460 g/mol. The minimum absolute atomic E-state index is 0.130. The summed E-state index contributed by atoms with van der Waals surface area (Å²) < 4.78 is 37.9. The zero-order valence-electron chi connectivity index (χ0n) is 20.5. The second-order valence-corrected chi connectivity index (χ2v) is 11.7. The van der Waals surface area contributed by atoms with Gasteiger partial charge in [-0.15, -0.1) is 0 Å². The Kier molecular flexibility index (Phi) is 8.43. The summed E-state index contributed by atoms with van der Waals surface area (Å²) in [6.45, 7) is 8.44. The molecule has 2 fully saturated rings. The molecule has 0 bridgehead atoms. The number of morpholine rings is 1. The molecule has 1 atom stereocenters. The summed E-state index contributed by atoms with van der Waals surface area (Å²) in [7, 11) is -1.95. The number of anilines is 1. The van der Waals surface area contributed by atoms with Gasteiger partial charge in [0.25, 0.3) is 0 Å².